The van der Waals surface area contributed by atoms with Crippen molar-refractivity contribution in [2.24, 2.45) is 27.9 Å². The van der Waals surface area contributed by atoms with Gasteiger partial charge in [0.15, 0.2) is 5.96 Å². The highest BCUT2D eigenvalue weighted by molar-refractivity contribution is 5.91. The lowest BCUT2D eigenvalue weighted by atomic mass is 10.1. The van der Waals surface area contributed by atoms with Gasteiger partial charge in [0.05, 0.1) is 19.0 Å². The third-order valence-electron chi connectivity index (χ3n) is 2.76. The maximum Gasteiger partial charge on any atom is 0.326 e. The van der Waals surface area contributed by atoms with Crippen molar-refractivity contribution in [1.82, 2.24) is 10.6 Å². The van der Waals surface area contributed by atoms with Crippen molar-refractivity contribution in [2.45, 2.75) is 31.3 Å². The van der Waals surface area contributed by atoms with Gasteiger partial charge in [-0.3, -0.25) is 19.4 Å². The number of aliphatic imine (C=N–C) groups is 1. The molecule has 0 heterocycles. The Balaban J connectivity index is 4.28. The molecule has 0 aromatic rings. The minimum atomic E-state index is -1.23. The van der Waals surface area contributed by atoms with E-state index in [1.54, 1.807) is 0 Å². The largest absolute Gasteiger partial charge is 0.480 e. The summed E-state index contributed by atoms with van der Waals surface area (Å²) >= 11 is 0. The van der Waals surface area contributed by atoms with Crippen molar-refractivity contribution >= 4 is 29.7 Å². The molecule has 0 fully saturated rings. The summed E-state index contributed by atoms with van der Waals surface area (Å²) in [5.74, 6) is -3.56. The van der Waals surface area contributed by atoms with Gasteiger partial charge in [0.1, 0.15) is 6.04 Å². The molecular weight excluding hydrogens is 322 g/mol. The first-order valence-electron chi connectivity index (χ1n) is 7.02. The average molecular weight is 345 g/mol. The van der Waals surface area contributed by atoms with E-state index < -0.39 is 42.3 Å². The van der Waals surface area contributed by atoms with Gasteiger partial charge in [0.25, 0.3) is 0 Å². The van der Waals surface area contributed by atoms with Crippen molar-refractivity contribution in [1.29, 1.82) is 0 Å². The molecule has 2 atom stereocenters. The predicted octanol–water partition coefficient (Wildman–Crippen LogP) is -4.07. The minimum Gasteiger partial charge on any atom is -0.480 e. The Hall–Kier alpha value is -2.89. The van der Waals surface area contributed by atoms with Crippen LogP contribution in [0.5, 0.6) is 0 Å². The molecule has 12 nitrogen and oxygen atoms in total. The smallest absolute Gasteiger partial charge is 0.326 e. The van der Waals surface area contributed by atoms with Gasteiger partial charge in [0, 0.05) is 6.54 Å². The summed E-state index contributed by atoms with van der Waals surface area (Å²) in [6.07, 6.45) is 0.0774. The molecule has 0 aromatic carbocycles. The maximum atomic E-state index is 11.7. The summed E-state index contributed by atoms with van der Waals surface area (Å²) in [5.41, 5.74) is 20.6. The Morgan fingerprint density at radius 2 is 1.75 bits per heavy atom. The van der Waals surface area contributed by atoms with Gasteiger partial charge < -0.3 is 38.7 Å². The molecule has 0 aliphatic heterocycles. The Morgan fingerprint density at radius 3 is 2.25 bits per heavy atom. The summed E-state index contributed by atoms with van der Waals surface area (Å²) in [7, 11) is 0. The average Bonchev–Trinajstić information content (AvgIpc) is 2.46. The fourth-order valence-corrected chi connectivity index (χ4v) is 1.61. The van der Waals surface area contributed by atoms with Crippen LogP contribution in [0.1, 0.15) is 19.3 Å². The molecule has 0 radical (unpaired) electrons. The predicted molar refractivity (Wildman–Crippen MR) is 84.3 cm³/mol. The second-order valence-corrected chi connectivity index (χ2v) is 4.90. The molecule has 0 bridgehead atoms. The number of carbonyl (C=O) groups is 4. The third-order valence-corrected chi connectivity index (χ3v) is 2.76. The number of primary amides is 1. The van der Waals surface area contributed by atoms with Crippen LogP contribution in [0, 0.1) is 0 Å². The molecule has 0 saturated carbocycles. The van der Waals surface area contributed by atoms with Gasteiger partial charge in [-0.05, 0) is 12.8 Å². The van der Waals surface area contributed by atoms with Crippen LogP contribution in [0.25, 0.3) is 0 Å². The van der Waals surface area contributed by atoms with Crippen molar-refractivity contribution in [3.05, 3.63) is 0 Å². The summed E-state index contributed by atoms with van der Waals surface area (Å²) < 4.78 is 0. The van der Waals surface area contributed by atoms with Crippen molar-refractivity contribution in [3.63, 3.8) is 0 Å². The second kappa shape index (κ2) is 10.8. The molecule has 136 valence electrons. The minimum absolute atomic E-state index is 0.104. The van der Waals surface area contributed by atoms with Gasteiger partial charge in [-0.1, -0.05) is 0 Å². The van der Waals surface area contributed by atoms with Gasteiger partial charge >= 0.3 is 5.97 Å². The summed E-state index contributed by atoms with van der Waals surface area (Å²) in [5, 5.41) is 13.5. The number of hydrogen-bond donors (Lipinski definition) is 7. The van der Waals surface area contributed by atoms with E-state index in [9.17, 15) is 19.2 Å². The molecule has 0 aromatic heterocycles. The number of rotatable bonds is 11. The third kappa shape index (κ3) is 9.94. The van der Waals surface area contributed by atoms with Crippen LogP contribution in [0.2, 0.25) is 0 Å². The number of nitrogens with two attached hydrogens (primary N) is 4. The molecule has 0 aliphatic rings. The Bertz CT molecular complexity index is 504. The number of hydrogen-bond acceptors (Lipinski definition) is 6. The zero-order valence-corrected chi connectivity index (χ0v) is 13.0. The number of carbonyl (C=O) groups excluding carboxylic acids is 3. The second-order valence-electron chi connectivity index (χ2n) is 4.90. The number of nitrogens with zero attached hydrogens (tertiary/aromatic N) is 1. The zero-order valence-electron chi connectivity index (χ0n) is 13.0. The highest BCUT2D eigenvalue weighted by Crippen LogP contribution is 1.98. The van der Waals surface area contributed by atoms with E-state index in [0.717, 1.165) is 0 Å². The fraction of sp³-hybridized carbons (Fsp3) is 0.583. The maximum absolute atomic E-state index is 11.7. The molecule has 11 N–H and O–H groups in total. The van der Waals surface area contributed by atoms with Crippen LogP contribution in [0.3, 0.4) is 0 Å². The number of amides is 3. The van der Waals surface area contributed by atoms with Crippen LogP contribution in [-0.2, 0) is 19.2 Å². The highest BCUT2D eigenvalue weighted by Gasteiger charge is 2.21. The van der Waals surface area contributed by atoms with E-state index in [2.05, 4.69) is 15.6 Å². The van der Waals surface area contributed by atoms with Crippen LogP contribution < -0.4 is 33.6 Å². The molecular formula is C12H23N7O5. The Kier molecular flexibility index (Phi) is 9.48. The molecule has 12 heteroatoms. The molecule has 3 amide bonds. The fourth-order valence-electron chi connectivity index (χ4n) is 1.61. The van der Waals surface area contributed by atoms with E-state index in [0.29, 0.717) is 6.42 Å². The molecule has 0 spiro atoms. The first kappa shape index (κ1) is 21.1. The van der Waals surface area contributed by atoms with E-state index in [1.807, 2.05) is 0 Å². The van der Waals surface area contributed by atoms with Gasteiger partial charge in [0.2, 0.25) is 17.7 Å². The number of aliphatic carboxylic acids is 1. The van der Waals surface area contributed by atoms with Gasteiger partial charge in [-0.25, -0.2) is 4.79 Å². The molecule has 0 saturated heterocycles. The molecule has 0 rings (SSSR count). The van der Waals surface area contributed by atoms with Crippen LogP contribution >= 0.6 is 0 Å². The monoisotopic (exact) mass is 345 g/mol. The van der Waals surface area contributed by atoms with E-state index in [1.165, 1.54) is 0 Å². The summed E-state index contributed by atoms with van der Waals surface area (Å²) in [6, 6.07) is -2.33. The molecule has 24 heavy (non-hydrogen) atoms. The van der Waals surface area contributed by atoms with Crippen molar-refractivity contribution in [2.75, 3.05) is 13.1 Å². The SMILES string of the molecule is NC(=O)C[C@H](N)C(=O)NCC(=O)N[C@@H](CCCN=C(N)N)C(=O)O. The first-order valence-corrected chi connectivity index (χ1v) is 7.02. The lowest BCUT2D eigenvalue weighted by molar-refractivity contribution is -0.142. The number of guanidine groups is 1. The quantitative estimate of drug-likeness (QED) is 0.110. The lowest BCUT2D eigenvalue weighted by Crippen LogP contribution is -2.49. The van der Waals surface area contributed by atoms with E-state index >= 15 is 0 Å². The number of carboxylic acid groups (broad SMARTS) is 1. The topological polar surface area (TPSA) is 229 Å². The number of carboxylic acids is 1. The van der Waals surface area contributed by atoms with Gasteiger partial charge in [-0.2, -0.15) is 0 Å². The highest BCUT2D eigenvalue weighted by atomic mass is 16.4. The van der Waals surface area contributed by atoms with Crippen LogP contribution in [-0.4, -0.2) is 59.9 Å². The lowest BCUT2D eigenvalue weighted by Gasteiger charge is -2.15. The van der Waals surface area contributed by atoms with E-state index in [-0.39, 0.29) is 25.3 Å². The Morgan fingerprint density at radius 1 is 1.12 bits per heavy atom. The van der Waals surface area contributed by atoms with Gasteiger partial charge in [-0.15, -0.1) is 0 Å². The van der Waals surface area contributed by atoms with Crippen LogP contribution in [0.15, 0.2) is 4.99 Å². The van der Waals surface area contributed by atoms with E-state index in [4.69, 9.17) is 28.0 Å². The number of nitrogens with one attached hydrogen (secondary N) is 2. The first-order chi connectivity index (χ1) is 11.1. The Labute approximate surface area is 138 Å². The zero-order chi connectivity index (χ0) is 18.7. The van der Waals surface area contributed by atoms with Crippen molar-refractivity contribution in [3.8, 4) is 0 Å². The van der Waals surface area contributed by atoms with Crippen LogP contribution in [0.4, 0.5) is 0 Å². The normalized spacial score (nSPS) is 12.5. The summed E-state index contributed by atoms with van der Waals surface area (Å²) in [6.45, 7) is -0.260. The molecule has 0 aliphatic carbocycles. The van der Waals surface area contributed by atoms with Crippen molar-refractivity contribution < 1.29 is 24.3 Å². The molecule has 0 unspecified atom stereocenters. The summed E-state index contributed by atoms with van der Waals surface area (Å²) in [4.78, 5) is 48.6. The standard InChI is InChI=1S/C12H23N7O5/c13-6(4-8(14)20)10(22)18-5-9(21)19-7(11(23)24)2-1-3-17-12(15)16/h6-7H,1-5,13H2,(H2,14,20)(H,18,22)(H,19,21)(H,23,24)(H4,15,16,17)/t6-,7-/m0/s1.